The van der Waals surface area contributed by atoms with E-state index in [9.17, 15) is 13.2 Å². The lowest BCUT2D eigenvalue weighted by atomic mass is 10.1. The Kier molecular flexibility index (Phi) is 6.56. The summed E-state index contributed by atoms with van der Waals surface area (Å²) < 4.78 is 27.1. The fraction of sp³-hybridized carbons (Fsp3) is 0.350. The maximum Gasteiger partial charge on any atom is 0.240 e. The average Bonchev–Trinajstić information content (AvgIpc) is 2.57. The van der Waals surface area contributed by atoms with E-state index in [4.69, 9.17) is 0 Å². The van der Waals surface area contributed by atoms with E-state index in [1.54, 1.807) is 18.2 Å². The normalized spacial score (nSPS) is 12.6. The number of hydrogen-bond donors (Lipinski definition) is 2. The summed E-state index contributed by atoms with van der Waals surface area (Å²) in [6.45, 7) is 7.77. The van der Waals surface area contributed by atoms with Crippen LogP contribution in [0.2, 0.25) is 0 Å². The van der Waals surface area contributed by atoms with E-state index in [1.165, 1.54) is 0 Å². The zero-order valence-electron chi connectivity index (χ0n) is 15.7. The monoisotopic (exact) mass is 374 g/mol. The predicted octanol–water partition coefficient (Wildman–Crippen LogP) is 3.16. The Labute approximate surface area is 155 Å². The highest BCUT2D eigenvalue weighted by atomic mass is 32.2. The first kappa shape index (κ1) is 20.1. The van der Waals surface area contributed by atoms with Crippen LogP contribution in [0.5, 0.6) is 0 Å². The standard InChI is InChI=1S/C20H26N2O3S/c1-14-5-8-18(9-6-14)17(4)22-20(23)11-12-21-26(24,25)19-10-7-15(2)16(3)13-19/h5-10,13,17,21H,11-12H2,1-4H3,(H,22,23). The van der Waals surface area contributed by atoms with Crippen LogP contribution >= 0.6 is 0 Å². The van der Waals surface area contributed by atoms with E-state index in [1.807, 2.05) is 52.0 Å². The average molecular weight is 375 g/mol. The van der Waals surface area contributed by atoms with Gasteiger partial charge in [-0.1, -0.05) is 35.9 Å². The first-order valence-corrected chi connectivity index (χ1v) is 10.1. The van der Waals surface area contributed by atoms with Crippen molar-refractivity contribution in [3.8, 4) is 0 Å². The Bertz CT molecular complexity index is 874. The van der Waals surface area contributed by atoms with Gasteiger partial charge in [0.25, 0.3) is 0 Å². The minimum atomic E-state index is -3.61. The predicted molar refractivity (Wildman–Crippen MR) is 103 cm³/mol. The van der Waals surface area contributed by atoms with E-state index in [0.29, 0.717) is 0 Å². The molecule has 2 aromatic rings. The van der Waals surface area contributed by atoms with Crippen LogP contribution in [0.25, 0.3) is 0 Å². The van der Waals surface area contributed by atoms with E-state index >= 15 is 0 Å². The molecule has 2 aromatic carbocycles. The summed E-state index contributed by atoms with van der Waals surface area (Å²) in [5.74, 6) is -0.194. The molecule has 26 heavy (non-hydrogen) atoms. The smallest absolute Gasteiger partial charge is 0.240 e. The highest BCUT2D eigenvalue weighted by Crippen LogP contribution is 2.15. The quantitative estimate of drug-likeness (QED) is 0.782. The summed E-state index contributed by atoms with van der Waals surface area (Å²) in [4.78, 5) is 12.3. The highest BCUT2D eigenvalue weighted by Gasteiger charge is 2.15. The molecule has 0 aromatic heterocycles. The topological polar surface area (TPSA) is 75.3 Å². The second kappa shape index (κ2) is 8.47. The van der Waals surface area contributed by atoms with Gasteiger partial charge in [0.2, 0.25) is 15.9 Å². The molecular weight excluding hydrogens is 348 g/mol. The van der Waals surface area contributed by atoms with Crippen LogP contribution in [0, 0.1) is 20.8 Å². The molecule has 0 saturated carbocycles. The number of rotatable bonds is 7. The van der Waals surface area contributed by atoms with Gasteiger partial charge >= 0.3 is 0 Å². The maximum absolute atomic E-state index is 12.3. The van der Waals surface area contributed by atoms with Crippen molar-refractivity contribution in [3.05, 3.63) is 64.7 Å². The van der Waals surface area contributed by atoms with Crippen molar-refractivity contribution in [2.45, 2.75) is 45.1 Å². The summed E-state index contributed by atoms with van der Waals surface area (Å²) in [7, 11) is -3.61. The molecule has 6 heteroatoms. The molecule has 1 amide bonds. The lowest BCUT2D eigenvalue weighted by Crippen LogP contribution is -2.32. The van der Waals surface area contributed by atoms with Crippen LogP contribution in [-0.2, 0) is 14.8 Å². The molecule has 1 atom stereocenters. The first-order valence-electron chi connectivity index (χ1n) is 8.62. The second-order valence-electron chi connectivity index (χ2n) is 6.59. The number of carbonyl (C=O) groups is 1. The molecule has 0 bridgehead atoms. The van der Waals surface area contributed by atoms with Crippen molar-refractivity contribution in [2.24, 2.45) is 0 Å². The summed E-state index contributed by atoms with van der Waals surface area (Å²) in [6, 6.07) is 12.8. The van der Waals surface area contributed by atoms with Gasteiger partial charge in [0.05, 0.1) is 10.9 Å². The summed E-state index contributed by atoms with van der Waals surface area (Å²) in [5, 5.41) is 2.88. The Morgan fingerprint density at radius 2 is 1.65 bits per heavy atom. The molecule has 0 aliphatic rings. The Morgan fingerprint density at radius 1 is 1.00 bits per heavy atom. The highest BCUT2D eigenvalue weighted by molar-refractivity contribution is 7.89. The van der Waals surface area contributed by atoms with Crippen LogP contribution < -0.4 is 10.0 Å². The zero-order chi connectivity index (χ0) is 19.3. The third-order valence-corrected chi connectivity index (χ3v) is 5.85. The SMILES string of the molecule is Cc1ccc(C(C)NC(=O)CCNS(=O)(=O)c2ccc(C)c(C)c2)cc1. The molecule has 0 radical (unpaired) electrons. The molecule has 140 valence electrons. The van der Waals surface area contributed by atoms with Gasteiger partial charge in [0.1, 0.15) is 0 Å². The number of nitrogens with one attached hydrogen (secondary N) is 2. The van der Waals surface area contributed by atoms with Crippen LogP contribution in [0.3, 0.4) is 0 Å². The minimum absolute atomic E-state index is 0.0573. The third kappa shape index (κ3) is 5.41. The van der Waals surface area contributed by atoms with Gasteiger partial charge in [0.15, 0.2) is 0 Å². The molecule has 0 saturated heterocycles. The van der Waals surface area contributed by atoms with Gasteiger partial charge in [-0.15, -0.1) is 0 Å². The van der Waals surface area contributed by atoms with Crippen molar-refractivity contribution in [3.63, 3.8) is 0 Å². The number of carbonyl (C=O) groups excluding carboxylic acids is 1. The van der Waals surface area contributed by atoms with Gasteiger partial charge in [-0.3, -0.25) is 4.79 Å². The van der Waals surface area contributed by atoms with Crippen molar-refractivity contribution >= 4 is 15.9 Å². The molecule has 1 unspecified atom stereocenters. The lowest BCUT2D eigenvalue weighted by Gasteiger charge is -2.15. The summed E-state index contributed by atoms with van der Waals surface area (Å²) >= 11 is 0. The van der Waals surface area contributed by atoms with Crippen LogP contribution in [-0.4, -0.2) is 20.9 Å². The Hall–Kier alpha value is -2.18. The Balaban J connectivity index is 1.87. The van der Waals surface area contributed by atoms with Crippen molar-refractivity contribution in [1.82, 2.24) is 10.0 Å². The molecule has 0 aliphatic heterocycles. The molecule has 2 N–H and O–H groups in total. The van der Waals surface area contributed by atoms with Gasteiger partial charge < -0.3 is 5.32 Å². The van der Waals surface area contributed by atoms with Gasteiger partial charge in [-0.2, -0.15) is 0 Å². The minimum Gasteiger partial charge on any atom is -0.350 e. The van der Waals surface area contributed by atoms with E-state index in [0.717, 1.165) is 22.3 Å². The number of amides is 1. The van der Waals surface area contributed by atoms with E-state index in [-0.39, 0.29) is 29.8 Å². The van der Waals surface area contributed by atoms with Crippen molar-refractivity contribution < 1.29 is 13.2 Å². The molecule has 0 heterocycles. The molecule has 2 rings (SSSR count). The van der Waals surface area contributed by atoms with Crippen molar-refractivity contribution in [1.29, 1.82) is 0 Å². The van der Waals surface area contributed by atoms with Gasteiger partial charge in [0, 0.05) is 13.0 Å². The number of hydrogen-bond acceptors (Lipinski definition) is 3. The first-order chi connectivity index (χ1) is 12.2. The number of sulfonamides is 1. The fourth-order valence-electron chi connectivity index (χ4n) is 2.52. The molecule has 0 spiro atoms. The van der Waals surface area contributed by atoms with Crippen LogP contribution in [0.1, 0.15) is 41.6 Å². The summed E-state index contributed by atoms with van der Waals surface area (Å²) in [5.41, 5.74) is 4.12. The van der Waals surface area contributed by atoms with Crippen LogP contribution in [0.15, 0.2) is 47.4 Å². The third-order valence-electron chi connectivity index (χ3n) is 4.39. The molecule has 0 fully saturated rings. The van der Waals surface area contributed by atoms with Gasteiger partial charge in [-0.05, 0) is 56.5 Å². The fourth-order valence-corrected chi connectivity index (χ4v) is 3.63. The number of benzene rings is 2. The maximum atomic E-state index is 12.3. The van der Waals surface area contributed by atoms with Gasteiger partial charge in [-0.25, -0.2) is 13.1 Å². The molecular formula is C20H26N2O3S. The Morgan fingerprint density at radius 3 is 2.27 bits per heavy atom. The van der Waals surface area contributed by atoms with E-state index < -0.39 is 10.0 Å². The lowest BCUT2D eigenvalue weighted by molar-refractivity contribution is -0.121. The summed E-state index contributed by atoms with van der Waals surface area (Å²) in [6.07, 6.45) is 0.0836. The number of aryl methyl sites for hydroxylation is 3. The van der Waals surface area contributed by atoms with Crippen molar-refractivity contribution in [2.75, 3.05) is 6.54 Å². The second-order valence-corrected chi connectivity index (χ2v) is 8.36. The van der Waals surface area contributed by atoms with E-state index in [2.05, 4.69) is 10.0 Å². The largest absolute Gasteiger partial charge is 0.350 e. The zero-order valence-corrected chi connectivity index (χ0v) is 16.5. The molecule has 0 aliphatic carbocycles. The molecule has 5 nitrogen and oxygen atoms in total. The van der Waals surface area contributed by atoms with Crippen LogP contribution in [0.4, 0.5) is 0 Å².